The second kappa shape index (κ2) is 10.2. The van der Waals surface area contributed by atoms with E-state index in [4.69, 9.17) is 16.0 Å². The molecule has 0 aliphatic heterocycles. The highest BCUT2D eigenvalue weighted by Crippen LogP contribution is 2.68. The molecule has 0 heterocycles. The van der Waals surface area contributed by atoms with Crippen LogP contribution in [0.15, 0.2) is 0 Å². The van der Waals surface area contributed by atoms with E-state index in [0.29, 0.717) is 42.1 Å². The van der Waals surface area contributed by atoms with Crippen LogP contribution in [0.3, 0.4) is 0 Å². The fraction of sp³-hybridized carbons (Fsp3) is 0.963. The number of fused-ring (bicyclic) bond motifs is 5. The minimum absolute atomic E-state index is 0.00735. The lowest BCUT2D eigenvalue weighted by molar-refractivity contribution is -0.151. The van der Waals surface area contributed by atoms with E-state index >= 15 is 0 Å². The van der Waals surface area contributed by atoms with Crippen molar-refractivity contribution in [3.05, 3.63) is 0 Å². The van der Waals surface area contributed by atoms with E-state index in [9.17, 15) is 14.5 Å². The van der Waals surface area contributed by atoms with Gasteiger partial charge in [0, 0.05) is 12.3 Å². The van der Waals surface area contributed by atoms with Crippen molar-refractivity contribution in [2.75, 3.05) is 13.2 Å². The zero-order chi connectivity index (χ0) is 24.7. The van der Waals surface area contributed by atoms with E-state index in [1.54, 1.807) is 0 Å². The predicted molar refractivity (Wildman–Crippen MR) is 135 cm³/mol. The molecule has 0 bridgehead atoms. The second-order valence-electron chi connectivity index (χ2n) is 12.9. The fourth-order valence-electron chi connectivity index (χ4n) is 8.89. The maximum absolute atomic E-state index is 13.3. The zero-order valence-electron chi connectivity index (χ0n) is 21.6. The summed E-state index contributed by atoms with van der Waals surface area (Å²) in [6.07, 6.45) is 12.1. The Labute approximate surface area is 207 Å². The Morgan fingerprint density at radius 3 is 2.50 bits per heavy atom. The molecule has 0 amide bonds. The van der Waals surface area contributed by atoms with Crippen molar-refractivity contribution in [3.8, 4) is 0 Å². The van der Waals surface area contributed by atoms with E-state index in [-0.39, 0.29) is 23.7 Å². The number of aliphatic hydroxyl groups is 1. The van der Waals surface area contributed by atoms with Gasteiger partial charge in [0.1, 0.15) is 0 Å². The van der Waals surface area contributed by atoms with E-state index in [0.717, 1.165) is 51.4 Å². The Morgan fingerprint density at radius 2 is 1.76 bits per heavy atom. The van der Waals surface area contributed by atoms with Crippen LogP contribution < -0.4 is 11.5 Å². The number of ketones is 1. The summed E-state index contributed by atoms with van der Waals surface area (Å²) in [5.74, 6) is 2.22. The van der Waals surface area contributed by atoms with Gasteiger partial charge in [-0.3, -0.25) is 10.5 Å². The Balaban J connectivity index is 1.37. The average molecular weight is 496 g/mol. The summed E-state index contributed by atoms with van der Waals surface area (Å²) in [5, 5.41) is 10.7. The Kier molecular flexibility index (Phi) is 7.97. The second-order valence-corrected chi connectivity index (χ2v) is 14.4. The minimum Gasteiger partial charge on any atom is -0.390 e. The van der Waals surface area contributed by atoms with Gasteiger partial charge in [-0.1, -0.05) is 13.8 Å². The van der Waals surface area contributed by atoms with E-state index in [1.807, 2.05) is 6.92 Å². The molecule has 10 atom stereocenters. The summed E-state index contributed by atoms with van der Waals surface area (Å²) < 4.78 is 17.9. The van der Waals surface area contributed by atoms with Gasteiger partial charge in [-0.25, -0.2) is 0 Å². The van der Waals surface area contributed by atoms with Crippen molar-refractivity contribution >= 4 is 13.8 Å². The molecule has 4 aliphatic carbocycles. The molecule has 4 unspecified atom stereocenters. The van der Waals surface area contributed by atoms with Gasteiger partial charge < -0.3 is 10.8 Å². The molecule has 34 heavy (non-hydrogen) atoms. The first-order valence-corrected chi connectivity index (χ1v) is 15.1. The Hall–Kier alpha value is -0.390. The number of Topliss-reactive ketones (excluding diaryl/α,β-unsaturated/α-hetero) is 1. The van der Waals surface area contributed by atoms with Crippen molar-refractivity contribution < 1.29 is 19.0 Å². The Bertz CT molecular complexity index is 776. The summed E-state index contributed by atoms with van der Waals surface area (Å²) in [5.41, 5.74) is 11.4. The quantitative estimate of drug-likeness (QED) is 0.301. The number of unbranched alkanes of at least 4 members (excludes halogenated alkanes) is 1. The molecule has 194 valence electrons. The van der Waals surface area contributed by atoms with Crippen molar-refractivity contribution in [1.29, 1.82) is 0 Å². The monoisotopic (exact) mass is 495 g/mol. The highest BCUT2D eigenvalue weighted by atomic mass is 31.1. The van der Waals surface area contributed by atoms with E-state index < -0.39 is 19.4 Å². The zero-order valence-corrected chi connectivity index (χ0v) is 22.5. The largest absolute Gasteiger partial charge is 0.527 e. The third kappa shape index (κ3) is 4.92. The van der Waals surface area contributed by atoms with Gasteiger partial charge in [0.25, 0.3) is 0 Å². The molecular weight excluding hydrogens is 447 g/mol. The standard InChI is InChI=1S/C27H48N2O4P/c1-25(31)13-14-26(2)18(16-25)7-8-19-20-9-10-22(27(20,3)12-11-21(19)26)23(30)17-33-34(32)24(29)6-4-5-15-28/h18-22,24,31H,4-17,28-29H2,1-3H3/q+1/t18?,19-,20-,21?,22+,24?,25+,26-,27-/m0/s1. The molecule has 0 aromatic heterocycles. The molecule has 0 aromatic carbocycles. The lowest BCUT2D eigenvalue weighted by Crippen LogP contribution is -2.55. The van der Waals surface area contributed by atoms with Gasteiger partial charge in [0.15, 0.2) is 12.4 Å². The summed E-state index contributed by atoms with van der Waals surface area (Å²) in [7, 11) is -2.03. The topological polar surface area (TPSA) is 116 Å². The molecule has 4 aliphatic rings. The summed E-state index contributed by atoms with van der Waals surface area (Å²) >= 11 is 0. The van der Waals surface area contributed by atoms with Crippen LogP contribution in [0.1, 0.15) is 97.8 Å². The van der Waals surface area contributed by atoms with Gasteiger partial charge in [0.05, 0.1) is 5.60 Å². The minimum atomic E-state index is -2.03. The van der Waals surface area contributed by atoms with Crippen LogP contribution in [0, 0.1) is 40.4 Å². The van der Waals surface area contributed by atoms with Crippen LogP contribution in [0.2, 0.25) is 0 Å². The maximum Gasteiger partial charge on any atom is 0.527 e. The predicted octanol–water partition coefficient (Wildman–Crippen LogP) is 5.14. The number of hydrogen-bond donors (Lipinski definition) is 3. The third-order valence-electron chi connectivity index (χ3n) is 10.9. The van der Waals surface area contributed by atoms with Crippen LogP contribution in [0.5, 0.6) is 0 Å². The lowest BCUT2D eigenvalue weighted by atomic mass is 9.44. The van der Waals surface area contributed by atoms with Crippen LogP contribution >= 0.6 is 8.03 Å². The van der Waals surface area contributed by atoms with Crippen LogP contribution in [0.4, 0.5) is 0 Å². The molecule has 0 aromatic rings. The van der Waals surface area contributed by atoms with Gasteiger partial charge in [-0.15, -0.1) is 4.52 Å². The lowest BCUT2D eigenvalue weighted by Gasteiger charge is -2.61. The maximum atomic E-state index is 13.3. The van der Waals surface area contributed by atoms with Crippen molar-refractivity contribution in [2.45, 2.75) is 109 Å². The SMILES string of the molecule is C[C@@]1(O)CC[C@@]2(C)C(CC[C@@H]3C2CC[C@]2(C)[C@@H](C(=O)CO[P+](=O)C(N)CCCCN)CC[C@@H]32)C1. The van der Waals surface area contributed by atoms with Gasteiger partial charge >= 0.3 is 8.03 Å². The number of carbonyl (C=O) groups is 1. The van der Waals surface area contributed by atoms with E-state index in [2.05, 4.69) is 13.8 Å². The van der Waals surface area contributed by atoms with Crippen molar-refractivity contribution in [1.82, 2.24) is 0 Å². The number of hydrogen-bond acceptors (Lipinski definition) is 6. The van der Waals surface area contributed by atoms with Crippen LogP contribution in [-0.4, -0.2) is 35.4 Å². The molecule has 0 spiro atoms. The van der Waals surface area contributed by atoms with Gasteiger partial charge in [-0.2, -0.15) is 0 Å². The number of nitrogens with two attached hydrogens (primary N) is 2. The third-order valence-corrected chi connectivity index (χ3v) is 12.1. The molecule has 5 N–H and O–H groups in total. The summed E-state index contributed by atoms with van der Waals surface area (Å²) in [6, 6.07) is 0. The average Bonchev–Trinajstić information content (AvgIpc) is 3.15. The normalized spacial score (nSPS) is 45.1. The molecule has 0 saturated heterocycles. The summed E-state index contributed by atoms with van der Waals surface area (Å²) in [6.45, 7) is 7.41. The molecule has 6 nitrogen and oxygen atoms in total. The molecule has 0 radical (unpaired) electrons. The van der Waals surface area contributed by atoms with Crippen LogP contribution in [0.25, 0.3) is 0 Å². The Morgan fingerprint density at radius 1 is 1.03 bits per heavy atom. The van der Waals surface area contributed by atoms with Gasteiger partial charge in [-0.05, 0) is 123 Å². The first kappa shape index (κ1) is 26.7. The number of rotatable bonds is 9. The highest BCUT2D eigenvalue weighted by molar-refractivity contribution is 7.39. The highest BCUT2D eigenvalue weighted by Gasteiger charge is 2.61. The molecule has 7 heteroatoms. The number of carbonyl (C=O) groups excluding carboxylic acids is 1. The molecular formula is C27H48N2O4P+. The molecule has 4 rings (SSSR count). The van der Waals surface area contributed by atoms with Crippen molar-refractivity contribution in [3.63, 3.8) is 0 Å². The first-order valence-electron chi connectivity index (χ1n) is 13.8. The fourth-order valence-corrected chi connectivity index (χ4v) is 9.73. The van der Waals surface area contributed by atoms with E-state index in [1.165, 1.54) is 19.3 Å². The smallest absolute Gasteiger partial charge is 0.390 e. The van der Waals surface area contributed by atoms with Crippen molar-refractivity contribution in [2.24, 2.45) is 51.9 Å². The molecule has 4 fully saturated rings. The van der Waals surface area contributed by atoms with Crippen LogP contribution in [-0.2, 0) is 13.9 Å². The molecule has 4 saturated carbocycles. The summed E-state index contributed by atoms with van der Waals surface area (Å²) in [4.78, 5) is 13.3. The first-order chi connectivity index (χ1) is 16.0. The van der Waals surface area contributed by atoms with Gasteiger partial charge in [0.2, 0.25) is 5.78 Å².